The van der Waals surface area contributed by atoms with Crippen LogP contribution in [0.3, 0.4) is 0 Å². The SMILES string of the molecule is N#CC1=CCC(CO/N=C(\N)C2CCN(C3CC3)CC2)C=C1. The quantitative estimate of drug-likeness (QED) is 0.480. The van der Waals surface area contributed by atoms with Crippen molar-refractivity contribution in [3.8, 4) is 6.07 Å². The molecule has 0 aromatic heterocycles. The molecule has 3 aliphatic rings. The summed E-state index contributed by atoms with van der Waals surface area (Å²) in [5.41, 5.74) is 6.80. The van der Waals surface area contributed by atoms with E-state index in [1.165, 1.54) is 12.8 Å². The van der Waals surface area contributed by atoms with E-state index in [-0.39, 0.29) is 5.92 Å². The molecule has 0 radical (unpaired) electrons. The minimum absolute atomic E-state index is 0.283. The van der Waals surface area contributed by atoms with Crippen molar-refractivity contribution in [3.63, 3.8) is 0 Å². The highest BCUT2D eigenvalue weighted by molar-refractivity contribution is 5.82. The molecule has 22 heavy (non-hydrogen) atoms. The highest BCUT2D eigenvalue weighted by atomic mass is 16.6. The van der Waals surface area contributed by atoms with Gasteiger partial charge in [-0.2, -0.15) is 5.26 Å². The Morgan fingerprint density at radius 3 is 2.73 bits per heavy atom. The van der Waals surface area contributed by atoms with Crippen LogP contribution in [-0.4, -0.2) is 36.5 Å². The molecule has 118 valence electrons. The molecule has 1 aliphatic heterocycles. The maximum atomic E-state index is 8.78. The molecule has 2 fully saturated rings. The van der Waals surface area contributed by atoms with Crippen molar-refractivity contribution in [1.82, 2.24) is 4.90 Å². The summed E-state index contributed by atoms with van der Waals surface area (Å²) in [5.74, 6) is 1.29. The van der Waals surface area contributed by atoms with E-state index in [9.17, 15) is 0 Å². The molecule has 5 nitrogen and oxygen atoms in total. The molecule has 2 aliphatic carbocycles. The first-order chi connectivity index (χ1) is 10.8. The van der Waals surface area contributed by atoms with Crippen LogP contribution in [0.1, 0.15) is 32.1 Å². The number of allylic oxidation sites excluding steroid dienone is 3. The number of nitriles is 1. The predicted octanol–water partition coefficient (Wildman–Crippen LogP) is 2.18. The Balaban J connectivity index is 1.39. The van der Waals surface area contributed by atoms with Crippen molar-refractivity contribution in [2.45, 2.75) is 38.1 Å². The van der Waals surface area contributed by atoms with Gasteiger partial charge in [0.2, 0.25) is 0 Å². The van der Waals surface area contributed by atoms with Gasteiger partial charge >= 0.3 is 0 Å². The predicted molar refractivity (Wildman–Crippen MR) is 85.8 cm³/mol. The third kappa shape index (κ3) is 3.89. The molecule has 5 heteroatoms. The van der Waals surface area contributed by atoms with Gasteiger partial charge in [0.1, 0.15) is 12.4 Å². The molecule has 1 heterocycles. The number of piperidine rings is 1. The van der Waals surface area contributed by atoms with Crippen LogP contribution < -0.4 is 5.73 Å². The second kappa shape index (κ2) is 6.97. The van der Waals surface area contributed by atoms with E-state index in [1.54, 1.807) is 0 Å². The highest BCUT2D eigenvalue weighted by Crippen LogP contribution is 2.30. The maximum Gasteiger partial charge on any atom is 0.142 e. The van der Waals surface area contributed by atoms with Gasteiger partial charge in [-0.15, -0.1) is 0 Å². The van der Waals surface area contributed by atoms with E-state index in [4.69, 9.17) is 15.8 Å². The number of hydrogen-bond acceptors (Lipinski definition) is 4. The lowest BCUT2D eigenvalue weighted by molar-refractivity contribution is 0.117. The summed E-state index contributed by atoms with van der Waals surface area (Å²) < 4.78 is 0. The van der Waals surface area contributed by atoms with Crippen LogP contribution in [0.25, 0.3) is 0 Å². The molecule has 1 saturated heterocycles. The van der Waals surface area contributed by atoms with E-state index in [2.05, 4.69) is 16.1 Å². The number of nitrogens with zero attached hydrogens (tertiary/aromatic N) is 3. The van der Waals surface area contributed by atoms with Crippen molar-refractivity contribution >= 4 is 5.84 Å². The molecule has 0 spiro atoms. The van der Waals surface area contributed by atoms with E-state index >= 15 is 0 Å². The number of amidine groups is 1. The minimum atomic E-state index is 0.283. The van der Waals surface area contributed by atoms with Crippen LogP contribution in [0, 0.1) is 23.2 Å². The molecular weight excluding hydrogens is 276 g/mol. The number of rotatable bonds is 5. The number of hydrogen-bond donors (Lipinski definition) is 1. The summed E-state index contributed by atoms with van der Waals surface area (Å²) >= 11 is 0. The van der Waals surface area contributed by atoms with Crippen molar-refractivity contribution in [1.29, 1.82) is 5.26 Å². The molecule has 1 unspecified atom stereocenters. The first-order valence-corrected chi connectivity index (χ1v) is 8.24. The largest absolute Gasteiger partial charge is 0.394 e. The van der Waals surface area contributed by atoms with Gasteiger partial charge in [-0.25, -0.2) is 0 Å². The topological polar surface area (TPSA) is 74.6 Å². The van der Waals surface area contributed by atoms with E-state index in [0.717, 1.165) is 44.0 Å². The Morgan fingerprint density at radius 1 is 1.36 bits per heavy atom. The summed E-state index contributed by atoms with van der Waals surface area (Å²) in [6, 6.07) is 2.99. The van der Waals surface area contributed by atoms with Gasteiger partial charge < -0.3 is 15.5 Å². The van der Waals surface area contributed by atoms with E-state index in [1.807, 2.05) is 18.2 Å². The normalized spacial score (nSPS) is 27.3. The summed E-state index contributed by atoms with van der Waals surface area (Å²) in [6.45, 7) is 2.80. The smallest absolute Gasteiger partial charge is 0.142 e. The standard InChI is InChI=1S/C17H24N4O/c18-11-13-1-3-14(4-2-13)12-22-20-17(19)15-7-9-21(10-8-15)16-5-6-16/h1-3,14-16H,4-10,12H2,(H2,19,20). The second-order valence-electron chi connectivity index (χ2n) is 6.48. The Kier molecular flexibility index (Phi) is 4.79. The lowest BCUT2D eigenvalue weighted by atomic mass is 9.96. The second-order valence-corrected chi connectivity index (χ2v) is 6.48. The van der Waals surface area contributed by atoms with Crippen LogP contribution in [0.15, 0.2) is 29.0 Å². The Morgan fingerprint density at radius 2 is 2.14 bits per heavy atom. The van der Waals surface area contributed by atoms with Crippen LogP contribution >= 0.6 is 0 Å². The minimum Gasteiger partial charge on any atom is -0.394 e. The van der Waals surface area contributed by atoms with E-state index < -0.39 is 0 Å². The molecule has 0 bridgehead atoms. The average molecular weight is 300 g/mol. The zero-order chi connectivity index (χ0) is 15.4. The molecule has 0 amide bonds. The van der Waals surface area contributed by atoms with Crippen LogP contribution in [-0.2, 0) is 4.84 Å². The van der Waals surface area contributed by atoms with Crippen molar-refractivity contribution < 1.29 is 4.84 Å². The highest BCUT2D eigenvalue weighted by Gasteiger charge is 2.32. The molecule has 1 atom stereocenters. The zero-order valence-corrected chi connectivity index (χ0v) is 12.9. The molecule has 2 N–H and O–H groups in total. The fourth-order valence-electron chi connectivity index (χ4n) is 3.15. The number of oxime groups is 1. The summed E-state index contributed by atoms with van der Waals surface area (Å²) in [4.78, 5) is 8.01. The fraction of sp³-hybridized carbons (Fsp3) is 0.647. The third-order valence-corrected chi connectivity index (χ3v) is 4.79. The number of likely N-dealkylation sites (tertiary alicyclic amines) is 1. The molecule has 1 saturated carbocycles. The first-order valence-electron chi connectivity index (χ1n) is 8.24. The lowest BCUT2D eigenvalue weighted by Gasteiger charge is -2.31. The number of nitrogens with two attached hydrogens (primary N) is 1. The third-order valence-electron chi connectivity index (χ3n) is 4.79. The summed E-state index contributed by atoms with van der Waals surface area (Å²) in [5, 5.41) is 12.9. The summed E-state index contributed by atoms with van der Waals surface area (Å²) in [6.07, 6.45) is 11.5. The summed E-state index contributed by atoms with van der Waals surface area (Å²) in [7, 11) is 0. The Labute approximate surface area is 132 Å². The van der Waals surface area contributed by atoms with Gasteiger partial charge in [0.25, 0.3) is 0 Å². The van der Waals surface area contributed by atoms with Crippen LogP contribution in [0.2, 0.25) is 0 Å². The molecule has 0 aromatic rings. The Hall–Kier alpha value is -1.80. The lowest BCUT2D eigenvalue weighted by Crippen LogP contribution is -2.39. The molecule has 0 aromatic carbocycles. The van der Waals surface area contributed by atoms with Crippen LogP contribution in [0.4, 0.5) is 0 Å². The van der Waals surface area contributed by atoms with Crippen molar-refractivity contribution in [2.24, 2.45) is 22.7 Å². The molecule has 3 rings (SSSR count). The van der Waals surface area contributed by atoms with Gasteiger partial charge in [-0.3, -0.25) is 0 Å². The van der Waals surface area contributed by atoms with Gasteiger partial charge in [-0.05, 0) is 51.3 Å². The Bertz CT molecular complexity index is 519. The van der Waals surface area contributed by atoms with Gasteiger partial charge in [-0.1, -0.05) is 17.3 Å². The van der Waals surface area contributed by atoms with Gasteiger partial charge in [0.05, 0.1) is 6.07 Å². The fourth-order valence-corrected chi connectivity index (χ4v) is 3.15. The van der Waals surface area contributed by atoms with Crippen molar-refractivity contribution in [3.05, 3.63) is 23.8 Å². The maximum absolute atomic E-state index is 8.78. The van der Waals surface area contributed by atoms with E-state index in [0.29, 0.717) is 18.4 Å². The van der Waals surface area contributed by atoms with Crippen LogP contribution in [0.5, 0.6) is 0 Å². The first kappa shape index (κ1) is 15.1. The average Bonchev–Trinajstić information content (AvgIpc) is 3.40. The zero-order valence-electron chi connectivity index (χ0n) is 12.9. The molecular formula is C17H24N4O. The monoisotopic (exact) mass is 300 g/mol. The van der Waals surface area contributed by atoms with Gasteiger partial charge in [0, 0.05) is 23.5 Å². The van der Waals surface area contributed by atoms with Gasteiger partial charge in [0.15, 0.2) is 0 Å². The van der Waals surface area contributed by atoms with Crippen molar-refractivity contribution in [2.75, 3.05) is 19.7 Å².